The summed E-state index contributed by atoms with van der Waals surface area (Å²) in [6.45, 7) is 1.35. The molecule has 1 aromatic rings. The van der Waals surface area contributed by atoms with Gasteiger partial charge >= 0.3 is 12.0 Å². The number of rotatable bonds is 3. The monoisotopic (exact) mass is 246 g/mol. The Hall–Kier alpha value is -2.30. The number of urea groups is 1. The quantitative estimate of drug-likeness (QED) is 0.648. The Balaban J connectivity index is 2.08. The second kappa shape index (κ2) is 5.35. The van der Waals surface area contributed by atoms with E-state index in [2.05, 4.69) is 10.1 Å². The number of amides is 2. The summed E-state index contributed by atoms with van der Waals surface area (Å²) in [7, 11) is 1.34. The minimum atomic E-state index is -0.391. The minimum absolute atomic E-state index is 0.0761. The zero-order chi connectivity index (χ0) is 13.0. The summed E-state index contributed by atoms with van der Waals surface area (Å²) in [6.07, 6.45) is 3.03. The van der Waals surface area contributed by atoms with E-state index in [1.807, 2.05) is 24.3 Å². The topological polar surface area (TPSA) is 58.6 Å². The number of carbonyl (C=O) groups is 2. The van der Waals surface area contributed by atoms with Gasteiger partial charge in [0.2, 0.25) is 0 Å². The van der Waals surface area contributed by atoms with E-state index in [-0.39, 0.29) is 6.03 Å². The third-order valence-corrected chi connectivity index (χ3v) is 2.67. The average molecular weight is 246 g/mol. The van der Waals surface area contributed by atoms with Crippen molar-refractivity contribution < 1.29 is 14.3 Å². The normalized spacial score (nSPS) is 14.9. The molecule has 2 rings (SSSR count). The molecule has 0 spiro atoms. The maximum Gasteiger partial charge on any atom is 0.330 e. The van der Waals surface area contributed by atoms with Crippen LogP contribution in [-0.4, -0.2) is 32.2 Å². The molecule has 0 unspecified atom stereocenters. The highest BCUT2D eigenvalue weighted by Gasteiger charge is 2.20. The van der Waals surface area contributed by atoms with Crippen molar-refractivity contribution in [2.75, 3.05) is 25.1 Å². The molecule has 0 saturated carbocycles. The smallest absolute Gasteiger partial charge is 0.330 e. The van der Waals surface area contributed by atoms with Crippen molar-refractivity contribution in [3.63, 3.8) is 0 Å². The second-order valence-corrected chi connectivity index (χ2v) is 3.83. The molecular formula is C13H14N2O3. The van der Waals surface area contributed by atoms with Gasteiger partial charge < -0.3 is 10.1 Å². The van der Waals surface area contributed by atoms with Crippen LogP contribution in [0.3, 0.4) is 0 Å². The summed E-state index contributed by atoms with van der Waals surface area (Å²) in [5, 5.41) is 2.74. The Morgan fingerprint density at radius 3 is 2.67 bits per heavy atom. The fourth-order valence-electron chi connectivity index (χ4n) is 1.72. The molecule has 1 fully saturated rings. The second-order valence-electron chi connectivity index (χ2n) is 3.83. The molecule has 2 amide bonds. The lowest BCUT2D eigenvalue weighted by Gasteiger charge is -2.13. The molecule has 0 bridgehead atoms. The maximum absolute atomic E-state index is 11.5. The van der Waals surface area contributed by atoms with Crippen LogP contribution in [0.5, 0.6) is 0 Å². The molecule has 5 heteroatoms. The van der Waals surface area contributed by atoms with Crippen LogP contribution < -0.4 is 10.2 Å². The Bertz CT molecular complexity index is 480. The maximum atomic E-state index is 11.5. The summed E-state index contributed by atoms with van der Waals surface area (Å²) < 4.78 is 4.50. The molecule has 94 valence electrons. The van der Waals surface area contributed by atoms with Gasteiger partial charge in [0.1, 0.15) is 0 Å². The number of hydrogen-bond acceptors (Lipinski definition) is 3. The molecule has 1 aliphatic rings. The summed E-state index contributed by atoms with van der Waals surface area (Å²) in [5.74, 6) is -0.391. The Morgan fingerprint density at radius 1 is 1.39 bits per heavy atom. The fraction of sp³-hybridized carbons (Fsp3) is 0.231. The van der Waals surface area contributed by atoms with E-state index in [0.717, 1.165) is 11.3 Å². The van der Waals surface area contributed by atoms with Crippen molar-refractivity contribution in [1.29, 1.82) is 0 Å². The van der Waals surface area contributed by atoms with Crippen molar-refractivity contribution in [2.45, 2.75) is 0 Å². The number of benzene rings is 1. The van der Waals surface area contributed by atoms with Gasteiger partial charge in [-0.1, -0.05) is 12.1 Å². The van der Waals surface area contributed by atoms with Crippen LogP contribution in [0.1, 0.15) is 5.56 Å². The summed E-state index contributed by atoms with van der Waals surface area (Å²) >= 11 is 0. The fourth-order valence-corrected chi connectivity index (χ4v) is 1.72. The highest BCUT2D eigenvalue weighted by molar-refractivity contribution is 5.94. The van der Waals surface area contributed by atoms with Gasteiger partial charge in [0.25, 0.3) is 0 Å². The van der Waals surface area contributed by atoms with Gasteiger partial charge in [-0.25, -0.2) is 9.59 Å². The zero-order valence-corrected chi connectivity index (χ0v) is 10.1. The number of methoxy groups -OCH3 is 1. The molecule has 0 aliphatic carbocycles. The lowest BCUT2D eigenvalue weighted by molar-refractivity contribution is -0.134. The Labute approximate surface area is 105 Å². The van der Waals surface area contributed by atoms with Crippen molar-refractivity contribution in [1.82, 2.24) is 5.32 Å². The molecule has 1 N–H and O–H groups in total. The van der Waals surface area contributed by atoms with Crippen LogP contribution in [0.15, 0.2) is 30.3 Å². The minimum Gasteiger partial charge on any atom is -0.466 e. The summed E-state index contributed by atoms with van der Waals surface area (Å²) in [5.41, 5.74) is 1.73. The number of nitrogens with one attached hydrogen (secondary N) is 1. The number of nitrogens with zero attached hydrogens (tertiary/aromatic N) is 1. The first-order valence-corrected chi connectivity index (χ1v) is 5.62. The van der Waals surface area contributed by atoms with Crippen LogP contribution >= 0.6 is 0 Å². The summed E-state index contributed by atoms with van der Waals surface area (Å²) in [6, 6.07) is 7.32. The van der Waals surface area contributed by atoms with E-state index in [9.17, 15) is 9.59 Å². The molecular weight excluding hydrogens is 232 g/mol. The molecule has 0 atom stereocenters. The van der Waals surface area contributed by atoms with Crippen molar-refractivity contribution in [3.8, 4) is 0 Å². The third kappa shape index (κ3) is 2.68. The van der Waals surface area contributed by atoms with Crippen LogP contribution in [0.25, 0.3) is 6.08 Å². The first-order chi connectivity index (χ1) is 8.70. The molecule has 1 aromatic carbocycles. The standard InChI is InChI=1S/C13H14N2O3/c1-18-12(16)7-4-10-2-5-11(6-3-10)15-9-8-14-13(15)17/h2-7H,8-9H2,1H3,(H,14,17)/b7-4+. The van der Waals surface area contributed by atoms with Crippen molar-refractivity contribution in [3.05, 3.63) is 35.9 Å². The Morgan fingerprint density at radius 2 is 2.11 bits per heavy atom. The molecule has 5 nitrogen and oxygen atoms in total. The highest BCUT2D eigenvalue weighted by Crippen LogP contribution is 2.17. The van der Waals surface area contributed by atoms with Gasteiger partial charge in [-0.15, -0.1) is 0 Å². The molecule has 0 aromatic heterocycles. The summed E-state index contributed by atoms with van der Waals surface area (Å²) in [4.78, 5) is 24.1. The van der Waals surface area contributed by atoms with Gasteiger partial charge in [0.05, 0.1) is 7.11 Å². The van der Waals surface area contributed by atoms with E-state index in [1.165, 1.54) is 13.2 Å². The predicted octanol–water partition coefficient (Wildman–Crippen LogP) is 1.40. The van der Waals surface area contributed by atoms with E-state index in [4.69, 9.17) is 0 Å². The molecule has 0 radical (unpaired) electrons. The van der Waals surface area contributed by atoms with E-state index in [0.29, 0.717) is 13.1 Å². The Kier molecular flexibility index (Phi) is 3.62. The van der Waals surface area contributed by atoms with E-state index >= 15 is 0 Å². The van der Waals surface area contributed by atoms with Gasteiger partial charge in [-0.2, -0.15) is 0 Å². The van der Waals surface area contributed by atoms with Crippen molar-refractivity contribution >= 4 is 23.8 Å². The van der Waals surface area contributed by atoms with Crippen LogP contribution in [0, 0.1) is 0 Å². The molecule has 18 heavy (non-hydrogen) atoms. The predicted molar refractivity (Wildman–Crippen MR) is 68.2 cm³/mol. The number of carbonyl (C=O) groups excluding carboxylic acids is 2. The zero-order valence-electron chi connectivity index (χ0n) is 10.1. The lowest BCUT2D eigenvalue weighted by atomic mass is 10.2. The van der Waals surface area contributed by atoms with Crippen LogP contribution in [0.2, 0.25) is 0 Å². The highest BCUT2D eigenvalue weighted by atomic mass is 16.5. The number of ether oxygens (including phenoxy) is 1. The molecule has 1 saturated heterocycles. The lowest BCUT2D eigenvalue weighted by Crippen LogP contribution is -2.27. The van der Waals surface area contributed by atoms with Crippen LogP contribution in [-0.2, 0) is 9.53 Å². The van der Waals surface area contributed by atoms with E-state index < -0.39 is 5.97 Å². The molecule has 1 heterocycles. The number of esters is 1. The first-order valence-electron chi connectivity index (χ1n) is 5.62. The van der Waals surface area contributed by atoms with Crippen molar-refractivity contribution in [2.24, 2.45) is 0 Å². The van der Waals surface area contributed by atoms with Gasteiger partial charge in [0, 0.05) is 24.9 Å². The van der Waals surface area contributed by atoms with Gasteiger partial charge in [0.15, 0.2) is 0 Å². The third-order valence-electron chi connectivity index (χ3n) is 2.67. The largest absolute Gasteiger partial charge is 0.466 e. The van der Waals surface area contributed by atoms with Gasteiger partial charge in [-0.05, 0) is 23.8 Å². The van der Waals surface area contributed by atoms with Gasteiger partial charge in [-0.3, -0.25) is 4.90 Å². The first kappa shape index (κ1) is 12.2. The SMILES string of the molecule is COC(=O)/C=C/c1ccc(N2CCNC2=O)cc1. The van der Waals surface area contributed by atoms with E-state index in [1.54, 1.807) is 11.0 Å². The number of anilines is 1. The van der Waals surface area contributed by atoms with Crippen LogP contribution in [0.4, 0.5) is 10.5 Å². The number of hydrogen-bond donors (Lipinski definition) is 1. The molecule has 1 aliphatic heterocycles. The average Bonchev–Trinajstić information content (AvgIpc) is 2.83.